The SMILES string of the molecule is CCNC(CCOc1ccccc1)CS(C)(=O)=O. The van der Waals surface area contributed by atoms with Gasteiger partial charge >= 0.3 is 0 Å². The minimum atomic E-state index is -2.96. The number of sulfone groups is 1. The van der Waals surface area contributed by atoms with Crippen LogP contribution >= 0.6 is 0 Å². The Balaban J connectivity index is 2.38. The van der Waals surface area contributed by atoms with Crippen LogP contribution < -0.4 is 10.1 Å². The van der Waals surface area contributed by atoms with Gasteiger partial charge in [0.2, 0.25) is 0 Å². The fraction of sp³-hybridized carbons (Fsp3) is 0.538. The fourth-order valence-corrected chi connectivity index (χ4v) is 2.75. The Kier molecular flexibility index (Phi) is 6.15. The van der Waals surface area contributed by atoms with Crippen molar-refractivity contribution in [2.75, 3.05) is 25.2 Å². The molecule has 0 aromatic heterocycles. The van der Waals surface area contributed by atoms with Crippen LogP contribution in [0, 0.1) is 0 Å². The number of nitrogens with one attached hydrogen (secondary N) is 1. The summed E-state index contributed by atoms with van der Waals surface area (Å²) in [6.07, 6.45) is 1.94. The number of para-hydroxylation sites is 1. The number of hydrogen-bond acceptors (Lipinski definition) is 4. The zero-order valence-corrected chi connectivity index (χ0v) is 11.7. The molecule has 0 aliphatic heterocycles. The third kappa shape index (κ3) is 6.61. The van der Waals surface area contributed by atoms with E-state index in [-0.39, 0.29) is 11.8 Å². The van der Waals surface area contributed by atoms with E-state index in [1.807, 2.05) is 37.3 Å². The average Bonchev–Trinajstić information content (AvgIpc) is 2.28. The molecule has 0 radical (unpaired) electrons. The van der Waals surface area contributed by atoms with Crippen molar-refractivity contribution in [1.29, 1.82) is 0 Å². The Morgan fingerprint density at radius 1 is 1.28 bits per heavy atom. The average molecular weight is 271 g/mol. The molecule has 0 heterocycles. The molecule has 1 aromatic rings. The van der Waals surface area contributed by atoms with E-state index in [2.05, 4.69) is 5.32 Å². The summed E-state index contributed by atoms with van der Waals surface area (Å²) in [7, 11) is -2.96. The van der Waals surface area contributed by atoms with Crippen molar-refractivity contribution in [2.45, 2.75) is 19.4 Å². The van der Waals surface area contributed by atoms with Crippen LogP contribution in [0.2, 0.25) is 0 Å². The van der Waals surface area contributed by atoms with Crippen molar-refractivity contribution in [3.8, 4) is 5.75 Å². The van der Waals surface area contributed by atoms with Crippen LogP contribution in [0.25, 0.3) is 0 Å². The van der Waals surface area contributed by atoms with Crippen molar-refractivity contribution in [3.05, 3.63) is 30.3 Å². The van der Waals surface area contributed by atoms with Gasteiger partial charge in [-0.15, -0.1) is 0 Å². The summed E-state index contributed by atoms with van der Waals surface area (Å²) >= 11 is 0. The van der Waals surface area contributed by atoms with Crippen molar-refractivity contribution < 1.29 is 13.2 Å². The quantitative estimate of drug-likeness (QED) is 0.778. The van der Waals surface area contributed by atoms with E-state index in [9.17, 15) is 8.42 Å². The first-order valence-electron chi connectivity index (χ1n) is 6.10. The second-order valence-electron chi connectivity index (χ2n) is 4.30. The number of rotatable bonds is 8. The molecule has 4 nitrogen and oxygen atoms in total. The monoisotopic (exact) mass is 271 g/mol. The van der Waals surface area contributed by atoms with Crippen LogP contribution in [-0.2, 0) is 9.84 Å². The first kappa shape index (κ1) is 15.0. The van der Waals surface area contributed by atoms with Gasteiger partial charge in [-0.1, -0.05) is 25.1 Å². The molecule has 1 unspecified atom stereocenters. The van der Waals surface area contributed by atoms with Gasteiger partial charge < -0.3 is 10.1 Å². The van der Waals surface area contributed by atoms with E-state index < -0.39 is 9.84 Å². The molecular formula is C13H21NO3S. The van der Waals surface area contributed by atoms with E-state index in [1.165, 1.54) is 6.26 Å². The third-order valence-corrected chi connectivity index (χ3v) is 3.48. The minimum absolute atomic E-state index is 0.0475. The van der Waals surface area contributed by atoms with Crippen LogP contribution in [0.5, 0.6) is 5.75 Å². The van der Waals surface area contributed by atoms with E-state index >= 15 is 0 Å². The van der Waals surface area contributed by atoms with Gasteiger partial charge in [0.15, 0.2) is 0 Å². The van der Waals surface area contributed by atoms with E-state index in [4.69, 9.17) is 4.74 Å². The summed E-state index contributed by atoms with van der Waals surface area (Å²) in [4.78, 5) is 0. The number of benzene rings is 1. The highest BCUT2D eigenvalue weighted by molar-refractivity contribution is 7.90. The van der Waals surface area contributed by atoms with Crippen LogP contribution in [0.15, 0.2) is 30.3 Å². The molecule has 102 valence electrons. The molecule has 1 N–H and O–H groups in total. The topological polar surface area (TPSA) is 55.4 Å². The van der Waals surface area contributed by atoms with Gasteiger partial charge in [-0.3, -0.25) is 0 Å². The summed E-state index contributed by atoms with van der Waals surface area (Å²) in [5.41, 5.74) is 0. The van der Waals surface area contributed by atoms with Crippen LogP contribution in [-0.4, -0.2) is 39.6 Å². The maximum Gasteiger partial charge on any atom is 0.148 e. The Bertz CT molecular complexity index is 431. The first-order chi connectivity index (χ1) is 8.51. The number of hydrogen-bond donors (Lipinski definition) is 1. The summed E-state index contributed by atoms with van der Waals surface area (Å²) < 4.78 is 28.1. The molecule has 18 heavy (non-hydrogen) atoms. The van der Waals surface area contributed by atoms with Gasteiger partial charge in [0.1, 0.15) is 15.6 Å². The maximum atomic E-state index is 11.3. The first-order valence-corrected chi connectivity index (χ1v) is 8.16. The van der Waals surface area contributed by atoms with Gasteiger partial charge in [0.05, 0.1) is 12.4 Å². The molecule has 5 heteroatoms. The van der Waals surface area contributed by atoms with Crippen LogP contribution in [0.1, 0.15) is 13.3 Å². The van der Waals surface area contributed by atoms with Crippen molar-refractivity contribution in [2.24, 2.45) is 0 Å². The van der Waals surface area contributed by atoms with Crippen molar-refractivity contribution >= 4 is 9.84 Å². The number of ether oxygens (including phenoxy) is 1. The standard InChI is InChI=1S/C13H21NO3S/c1-3-14-12(11-18(2,15)16)9-10-17-13-7-5-4-6-8-13/h4-8,12,14H,3,9-11H2,1-2H3. The Morgan fingerprint density at radius 3 is 2.50 bits per heavy atom. The molecular weight excluding hydrogens is 250 g/mol. The molecule has 0 fully saturated rings. The highest BCUT2D eigenvalue weighted by atomic mass is 32.2. The van der Waals surface area contributed by atoms with E-state index in [0.717, 1.165) is 12.3 Å². The highest BCUT2D eigenvalue weighted by Crippen LogP contribution is 2.09. The van der Waals surface area contributed by atoms with Gasteiger partial charge in [0, 0.05) is 12.3 Å². The lowest BCUT2D eigenvalue weighted by Gasteiger charge is -2.17. The van der Waals surface area contributed by atoms with Crippen LogP contribution in [0.3, 0.4) is 0 Å². The molecule has 0 saturated heterocycles. The largest absolute Gasteiger partial charge is 0.494 e. The molecule has 0 aliphatic carbocycles. The summed E-state index contributed by atoms with van der Waals surface area (Å²) in [6.45, 7) is 3.23. The predicted molar refractivity (Wildman–Crippen MR) is 73.7 cm³/mol. The molecule has 0 amide bonds. The molecule has 0 aliphatic rings. The summed E-state index contributed by atoms with van der Waals surface area (Å²) in [5.74, 6) is 0.964. The zero-order chi connectivity index (χ0) is 13.4. The minimum Gasteiger partial charge on any atom is -0.494 e. The third-order valence-electron chi connectivity index (χ3n) is 2.47. The smallest absolute Gasteiger partial charge is 0.148 e. The second-order valence-corrected chi connectivity index (χ2v) is 6.48. The van der Waals surface area contributed by atoms with Gasteiger partial charge in [0.25, 0.3) is 0 Å². The molecule has 1 atom stereocenters. The lowest BCUT2D eigenvalue weighted by molar-refractivity contribution is 0.291. The lowest BCUT2D eigenvalue weighted by Crippen LogP contribution is -2.36. The fourth-order valence-electron chi connectivity index (χ4n) is 1.73. The lowest BCUT2D eigenvalue weighted by atomic mass is 10.2. The Hall–Kier alpha value is -1.07. The second kappa shape index (κ2) is 7.38. The molecule has 0 spiro atoms. The normalized spacial score (nSPS) is 13.2. The molecule has 1 aromatic carbocycles. The van der Waals surface area contributed by atoms with Crippen LogP contribution in [0.4, 0.5) is 0 Å². The molecule has 0 saturated carbocycles. The van der Waals surface area contributed by atoms with E-state index in [0.29, 0.717) is 13.0 Å². The Labute approximate surface area is 109 Å². The van der Waals surface area contributed by atoms with Gasteiger partial charge in [-0.05, 0) is 25.1 Å². The zero-order valence-electron chi connectivity index (χ0n) is 10.9. The summed E-state index contributed by atoms with van der Waals surface area (Å²) in [5, 5.41) is 3.17. The predicted octanol–water partition coefficient (Wildman–Crippen LogP) is 1.48. The van der Waals surface area contributed by atoms with Gasteiger partial charge in [-0.25, -0.2) is 8.42 Å². The van der Waals surface area contributed by atoms with Gasteiger partial charge in [-0.2, -0.15) is 0 Å². The van der Waals surface area contributed by atoms with Crippen molar-refractivity contribution in [1.82, 2.24) is 5.32 Å². The Morgan fingerprint density at radius 2 is 1.94 bits per heavy atom. The molecule has 0 bridgehead atoms. The van der Waals surface area contributed by atoms with Crippen molar-refractivity contribution in [3.63, 3.8) is 0 Å². The highest BCUT2D eigenvalue weighted by Gasteiger charge is 2.14. The van der Waals surface area contributed by atoms with E-state index in [1.54, 1.807) is 0 Å². The maximum absolute atomic E-state index is 11.3. The molecule has 1 rings (SSSR count). The summed E-state index contributed by atoms with van der Waals surface area (Å²) in [6, 6.07) is 9.48.